The predicted octanol–water partition coefficient (Wildman–Crippen LogP) is 4.78. The average molecular weight is 437 g/mol. The molecular weight excluding hydrogens is 404 g/mol. The van der Waals surface area contributed by atoms with Crippen LogP contribution < -0.4 is 14.8 Å². The Morgan fingerprint density at radius 2 is 1.88 bits per heavy atom. The summed E-state index contributed by atoms with van der Waals surface area (Å²) in [5, 5.41) is 2.99. The van der Waals surface area contributed by atoms with Crippen molar-refractivity contribution in [1.82, 2.24) is 14.5 Å². The third-order valence-corrected chi connectivity index (χ3v) is 5.33. The number of urea groups is 1. The van der Waals surface area contributed by atoms with E-state index in [1.54, 1.807) is 26.2 Å². The van der Waals surface area contributed by atoms with Gasteiger partial charge in [-0.25, -0.2) is 9.78 Å². The highest BCUT2D eigenvalue weighted by Gasteiger charge is 2.12. The van der Waals surface area contributed by atoms with Gasteiger partial charge in [-0.2, -0.15) is 0 Å². The maximum Gasteiger partial charge on any atom is 0.321 e. The second kappa shape index (κ2) is 10.7. The van der Waals surface area contributed by atoms with Crippen LogP contribution in [-0.4, -0.2) is 48.3 Å². The Bertz CT molecular complexity index is 1050. The van der Waals surface area contributed by atoms with Crippen molar-refractivity contribution in [1.29, 1.82) is 0 Å². The van der Waals surface area contributed by atoms with E-state index < -0.39 is 0 Å². The van der Waals surface area contributed by atoms with Gasteiger partial charge in [-0.3, -0.25) is 0 Å². The van der Waals surface area contributed by atoms with Crippen molar-refractivity contribution in [2.45, 2.75) is 32.7 Å². The number of hydrogen-bond donors (Lipinski definition) is 1. The standard InChI is InChI=1S/C25H32N4O3/c1-18(2)24-26-12-14-29(24)17-20-7-6-8-21(15-20)27-25(30)28(3)13-11-19-9-10-22(31-4)23(16-19)32-5/h6-10,12,14-16,18H,11,13,17H2,1-5H3,(H,27,30). The summed E-state index contributed by atoms with van der Waals surface area (Å²) in [6, 6.07) is 13.6. The van der Waals surface area contributed by atoms with Crippen LogP contribution in [0.25, 0.3) is 0 Å². The zero-order valence-electron chi connectivity index (χ0n) is 19.5. The van der Waals surface area contributed by atoms with Crippen molar-refractivity contribution in [3.05, 3.63) is 71.8 Å². The summed E-state index contributed by atoms with van der Waals surface area (Å²) in [6.45, 7) is 5.56. The van der Waals surface area contributed by atoms with Gasteiger partial charge in [0.15, 0.2) is 11.5 Å². The molecule has 3 rings (SSSR count). The van der Waals surface area contributed by atoms with E-state index in [0.29, 0.717) is 36.9 Å². The monoisotopic (exact) mass is 436 g/mol. The summed E-state index contributed by atoms with van der Waals surface area (Å²) >= 11 is 0. The van der Waals surface area contributed by atoms with Crippen molar-refractivity contribution >= 4 is 11.7 Å². The van der Waals surface area contributed by atoms with E-state index in [0.717, 1.165) is 22.6 Å². The molecule has 0 aliphatic heterocycles. The number of nitrogens with one attached hydrogen (secondary N) is 1. The number of benzene rings is 2. The predicted molar refractivity (Wildman–Crippen MR) is 127 cm³/mol. The minimum absolute atomic E-state index is 0.145. The Morgan fingerprint density at radius 3 is 2.59 bits per heavy atom. The van der Waals surface area contributed by atoms with Crippen LogP contribution in [0.15, 0.2) is 54.9 Å². The van der Waals surface area contributed by atoms with Gasteiger partial charge in [0, 0.05) is 44.1 Å². The fourth-order valence-electron chi connectivity index (χ4n) is 3.55. The molecule has 0 aliphatic rings. The average Bonchev–Trinajstić information content (AvgIpc) is 3.25. The summed E-state index contributed by atoms with van der Waals surface area (Å²) < 4.78 is 12.8. The van der Waals surface area contributed by atoms with Gasteiger partial charge in [-0.05, 0) is 41.8 Å². The molecular formula is C25H32N4O3. The fraction of sp³-hybridized carbons (Fsp3) is 0.360. The summed E-state index contributed by atoms with van der Waals surface area (Å²) in [5.41, 5.74) is 2.96. The lowest BCUT2D eigenvalue weighted by Gasteiger charge is -2.19. The van der Waals surface area contributed by atoms with Crippen molar-refractivity contribution in [2.24, 2.45) is 0 Å². The summed E-state index contributed by atoms with van der Waals surface area (Å²) in [7, 11) is 5.02. The van der Waals surface area contributed by atoms with Gasteiger partial charge in [0.1, 0.15) is 5.82 Å². The molecule has 1 aromatic heterocycles. The molecule has 0 radical (unpaired) electrons. The van der Waals surface area contributed by atoms with Crippen LogP contribution in [0.2, 0.25) is 0 Å². The Morgan fingerprint density at radius 1 is 1.09 bits per heavy atom. The quantitative estimate of drug-likeness (QED) is 0.524. The molecule has 7 heteroatoms. The highest BCUT2D eigenvalue weighted by molar-refractivity contribution is 5.89. The first-order valence-corrected chi connectivity index (χ1v) is 10.7. The molecule has 3 aromatic rings. The molecule has 0 fully saturated rings. The Labute approximate surface area is 190 Å². The Kier molecular flexibility index (Phi) is 7.76. The molecule has 0 unspecified atom stereocenters. The third kappa shape index (κ3) is 5.81. The number of carbonyl (C=O) groups is 1. The third-order valence-electron chi connectivity index (χ3n) is 5.33. The first kappa shape index (κ1) is 23.2. The molecule has 2 aromatic carbocycles. The number of nitrogens with zero attached hydrogens (tertiary/aromatic N) is 3. The molecule has 0 saturated carbocycles. The van der Waals surface area contributed by atoms with E-state index in [4.69, 9.17) is 9.47 Å². The van der Waals surface area contributed by atoms with Gasteiger partial charge in [-0.1, -0.05) is 32.0 Å². The van der Waals surface area contributed by atoms with Crippen molar-refractivity contribution in [3.63, 3.8) is 0 Å². The van der Waals surface area contributed by atoms with Crippen LogP contribution in [0.4, 0.5) is 10.5 Å². The van der Waals surface area contributed by atoms with E-state index in [1.807, 2.05) is 48.8 Å². The lowest BCUT2D eigenvalue weighted by atomic mass is 10.1. The van der Waals surface area contributed by atoms with Crippen LogP contribution in [0, 0.1) is 0 Å². The van der Waals surface area contributed by atoms with Crippen LogP contribution in [-0.2, 0) is 13.0 Å². The van der Waals surface area contributed by atoms with Gasteiger partial charge in [0.25, 0.3) is 0 Å². The SMILES string of the molecule is COc1ccc(CCN(C)C(=O)Nc2cccc(Cn3ccnc3C(C)C)c2)cc1OC. The molecule has 0 saturated heterocycles. The number of anilines is 1. The normalized spacial score (nSPS) is 10.8. The number of amides is 2. The summed E-state index contributed by atoms with van der Waals surface area (Å²) in [5.74, 6) is 2.78. The molecule has 0 spiro atoms. The molecule has 170 valence electrons. The number of imidazole rings is 1. The van der Waals surface area contributed by atoms with E-state index in [9.17, 15) is 4.79 Å². The molecule has 32 heavy (non-hydrogen) atoms. The van der Waals surface area contributed by atoms with E-state index in [2.05, 4.69) is 34.8 Å². The second-order valence-corrected chi connectivity index (χ2v) is 8.06. The van der Waals surface area contributed by atoms with Crippen molar-refractivity contribution in [2.75, 3.05) is 33.1 Å². The van der Waals surface area contributed by atoms with Crippen molar-refractivity contribution < 1.29 is 14.3 Å². The van der Waals surface area contributed by atoms with E-state index in [-0.39, 0.29) is 6.03 Å². The topological polar surface area (TPSA) is 68.6 Å². The first-order chi connectivity index (χ1) is 15.4. The van der Waals surface area contributed by atoms with Gasteiger partial charge in [0.05, 0.1) is 14.2 Å². The number of rotatable bonds is 9. The number of carbonyl (C=O) groups excluding carboxylic acids is 1. The minimum atomic E-state index is -0.145. The Balaban J connectivity index is 1.58. The van der Waals surface area contributed by atoms with Gasteiger partial charge in [-0.15, -0.1) is 0 Å². The molecule has 1 N–H and O–H groups in total. The van der Waals surface area contributed by atoms with Gasteiger partial charge >= 0.3 is 6.03 Å². The fourth-order valence-corrected chi connectivity index (χ4v) is 3.55. The van der Waals surface area contributed by atoms with Crippen LogP contribution >= 0.6 is 0 Å². The molecule has 7 nitrogen and oxygen atoms in total. The largest absolute Gasteiger partial charge is 0.493 e. The minimum Gasteiger partial charge on any atom is -0.493 e. The molecule has 0 bridgehead atoms. The summed E-state index contributed by atoms with van der Waals surface area (Å²) in [4.78, 5) is 18.8. The van der Waals surface area contributed by atoms with E-state index in [1.165, 1.54) is 0 Å². The number of hydrogen-bond acceptors (Lipinski definition) is 4. The molecule has 1 heterocycles. The number of ether oxygens (including phenoxy) is 2. The smallest absolute Gasteiger partial charge is 0.321 e. The lowest BCUT2D eigenvalue weighted by Crippen LogP contribution is -2.33. The Hall–Kier alpha value is -3.48. The highest BCUT2D eigenvalue weighted by atomic mass is 16.5. The van der Waals surface area contributed by atoms with E-state index >= 15 is 0 Å². The molecule has 0 aliphatic carbocycles. The zero-order valence-corrected chi connectivity index (χ0v) is 19.5. The maximum absolute atomic E-state index is 12.7. The lowest BCUT2D eigenvalue weighted by molar-refractivity contribution is 0.223. The number of likely N-dealkylation sites (N-methyl/N-ethyl adjacent to an activating group) is 1. The first-order valence-electron chi connectivity index (χ1n) is 10.7. The zero-order chi connectivity index (χ0) is 23.1. The van der Waals surface area contributed by atoms with Crippen LogP contribution in [0.5, 0.6) is 11.5 Å². The summed E-state index contributed by atoms with van der Waals surface area (Å²) in [6.07, 6.45) is 4.53. The second-order valence-electron chi connectivity index (χ2n) is 8.06. The molecule has 2 amide bonds. The number of aromatic nitrogens is 2. The highest BCUT2D eigenvalue weighted by Crippen LogP contribution is 2.27. The van der Waals surface area contributed by atoms with Crippen LogP contribution in [0.3, 0.4) is 0 Å². The van der Waals surface area contributed by atoms with Crippen molar-refractivity contribution in [3.8, 4) is 11.5 Å². The number of methoxy groups -OCH3 is 2. The van der Waals surface area contributed by atoms with Crippen LogP contribution in [0.1, 0.15) is 36.7 Å². The maximum atomic E-state index is 12.7. The van der Waals surface area contributed by atoms with Gasteiger partial charge in [0.2, 0.25) is 0 Å². The van der Waals surface area contributed by atoms with Gasteiger partial charge < -0.3 is 24.3 Å². The molecule has 0 atom stereocenters.